The number of rotatable bonds is 4. The fourth-order valence-electron chi connectivity index (χ4n) is 2.23. The van der Waals surface area contributed by atoms with Gasteiger partial charge in [-0.3, -0.25) is 4.68 Å². The molecule has 6 heteroatoms. The molecule has 0 aliphatic rings. The Morgan fingerprint density at radius 3 is 2.50 bits per heavy atom. The highest BCUT2D eigenvalue weighted by atomic mass is 79.9. The van der Waals surface area contributed by atoms with Crippen molar-refractivity contribution in [3.63, 3.8) is 0 Å². The van der Waals surface area contributed by atoms with Crippen LogP contribution in [0.4, 0.5) is 11.5 Å². The van der Waals surface area contributed by atoms with Gasteiger partial charge in [-0.05, 0) is 52.8 Å². The van der Waals surface area contributed by atoms with Gasteiger partial charge in [-0.1, -0.05) is 48.0 Å². The fraction of sp³-hybridized carbons (Fsp3) is 0.111. The maximum absolute atomic E-state index is 5.34. The summed E-state index contributed by atoms with van der Waals surface area (Å²) in [7, 11) is 0. The quantitative estimate of drug-likeness (QED) is 0.616. The lowest BCUT2D eigenvalue weighted by Crippen LogP contribution is -2.19. The van der Waals surface area contributed by atoms with Gasteiger partial charge in [-0.15, -0.1) is 0 Å². The summed E-state index contributed by atoms with van der Waals surface area (Å²) in [5, 5.41) is 11.3. The molecule has 24 heavy (non-hydrogen) atoms. The third-order valence-electron chi connectivity index (χ3n) is 3.45. The number of anilines is 2. The molecule has 0 amide bonds. The van der Waals surface area contributed by atoms with Crippen molar-refractivity contribution in [3.8, 4) is 0 Å². The molecule has 0 aliphatic carbocycles. The number of para-hydroxylation sites is 1. The molecule has 0 atom stereocenters. The second-order valence-corrected chi connectivity index (χ2v) is 6.72. The molecule has 0 bridgehead atoms. The van der Waals surface area contributed by atoms with Gasteiger partial charge in [-0.2, -0.15) is 5.10 Å². The first kappa shape index (κ1) is 16.7. The van der Waals surface area contributed by atoms with Crippen molar-refractivity contribution in [2.45, 2.75) is 13.5 Å². The van der Waals surface area contributed by atoms with Crippen molar-refractivity contribution in [1.29, 1.82) is 0 Å². The number of nitrogens with one attached hydrogen (secondary N) is 2. The summed E-state index contributed by atoms with van der Waals surface area (Å²) in [6, 6.07) is 18.2. The number of halogens is 1. The third kappa shape index (κ3) is 4.43. The zero-order valence-corrected chi connectivity index (χ0v) is 15.6. The summed E-state index contributed by atoms with van der Waals surface area (Å²) in [5.41, 5.74) is 3.39. The van der Waals surface area contributed by atoms with Gasteiger partial charge in [0.1, 0.15) is 0 Å². The lowest BCUT2D eigenvalue weighted by molar-refractivity contribution is 0.689. The van der Waals surface area contributed by atoms with E-state index in [1.165, 1.54) is 11.1 Å². The lowest BCUT2D eigenvalue weighted by atomic mass is 10.1. The van der Waals surface area contributed by atoms with Crippen LogP contribution in [0.25, 0.3) is 0 Å². The summed E-state index contributed by atoms with van der Waals surface area (Å²) in [6.07, 6.45) is 1.94. The van der Waals surface area contributed by atoms with Gasteiger partial charge in [0, 0.05) is 11.9 Å². The van der Waals surface area contributed by atoms with Gasteiger partial charge in [0.15, 0.2) is 10.9 Å². The number of aromatic nitrogens is 2. The van der Waals surface area contributed by atoms with Crippen molar-refractivity contribution in [2.24, 2.45) is 0 Å². The highest BCUT2D eigenvalue weighted by molar-refractivity contribution is 9.10. The topological polar surface area (TPSA) is 41.9 Å². The zero-order chi connectivity index (χ0) is 16.9. The maximum Gasteiger partial charge on any atom is 0.176 e. The second kappa shape index (κ2) is 7.59. The van der Waals surface area contributed by atoms with E-state index >= 15 is 0 Å². The molecule has 0 unspecified atom stereocenters. The molecule has 2 aromatic carbocycles. The Morgan fingerprint density at radius 1 is 1.08 bits per heavy atom. The smallest absolute Gasteiger partial charge is 0.176 e. The summed E-state index contributed by atoms with van der Waals surface area (Å²) in [4.78, 5) is 0. The Balaban J connectivity index is 1.65. The first-order chi connectivity index (χ1) is 11.6. The van der Waals surface area contributed by atoms with Gasteiger partial charge >= 0.3 is 0 Å². The van der Waals surface area contributed by atoms with Crippen LogP contribution < -0.4 is 10.6 Å². The Kier molecular flexibility index (Phi) is 5.27. The molecular weight excluding hydrogens is 384 g/mol. The summed E-state index contributed by atoms with van der Waals surface area (Å²) < 4.78 is 2.74. The highest BCUT2D eigenvalue weighted by Gasteiger charge is 2.09. The SMILES string of the molecule is Cc1ccc(Cn2cc(Br)c(NC(=S)Nc3ccccc3)n2)cc1. The molecule has 0 saturated heterocycles. The largest absolute Gasteiger partial charge is 0.332 e. The van der Waals surface area contributed by atoms with Gasteiger partial charge in [0.2, 0.25) is 0 Å². The number of nitrogens with zero attached hydrogens (tertiary/aromatic N) is 2. The van der Waals surface area contributed by atoms with Crippen LogP contribution in [-0.2, 0) is 6.54 Å². The van der Waals surface area contributed by atoms with Crippen LogP contribution in [0.15, 0.2) is 65.3 Å². The summed E-state index contributed by atoms with van der Waals surface area (Å²) in [6.45, 7) is 2.79. The number of hydrogen-bond donors (Lipinski definition) is 2. The predicted molar refractivity (Wildman–Crippen MR) is 106 cm³/mol. The van der Waals surface area contributed by atoms with Crippen LogP contribution in [0.1, 0.15) is 11.1 Å². The zero-order valence-electron chi connectivity index (χ0n) is 13.2. The predicted octanol–water partition coefficient (Wildman–Crippen LogP) is 4.81. The van der Waals surface area contributed by atoms with E-state index in [-0.39, 0.29) is 0 Å². The van der Waals surface area contributed by atoms with Crippen LogP contribution >= 0.6 is 28.1 Å². The van der Waals surface area contributed by atoms with E-state index in [2.05, 4.69) is 62.9 Å². The number of benzene rings is 2. The van der Waals surface area contributed by atoms with Crippen molar-refractivity contribution in [2.75, 3.05) is 10.6 Å². The Labute approximate surface area is 155 Å². The molecule has 2 N–H and O–H groups in total. The highest BCUT2D eigenvalue weighted by Crippen LogP contribution is 2.21. The molecule has 3 aromatic rings. The summed E-state index contributed by atoms with van der Waals surface area (Å²) >= 11 is 8.86. The van der Waals surface area contributed by atoms with Gasteiger partial charge in [-0.25, -0.2) is 0 Å². The van der Waals surface area contributed by atoms with E-state index in [4.69, 9.17) is 12.2 Å². The van der Waals surface area contributed by atoms with E-state index in [0.717, 1.165) is 10.2 Å². The van der Waals surface area contributed by atoms with E-state index < -0.39 is 0 Å². The Bertz CT molecular complexity index is 828. The van der Waals surface area contributed by atoms with Crippen LogP contribution in [0.2, 0.25) is 0 Å². The third-order valence-corrected chi connectivity index (χ3v) is 4.23. The normalized spacial score (nSPS) is 10.4. The number of thiocarbonyl (C=S) groups is 1. The average Bonchev–Trinajstić information content (AvgIpc) is 2.90. The minimum absolute atomic E-state index is 0.502. The van der Waals surface area contributed by atoms with Gasteiger partial charge < -0.3 is 10.6 Å². The van der Waals surface area contributed by atoms with E-state index in [9.17, 15) is 0 Å². The standard InChI is InChI=1S/C18H17BrN4S/c1-13-7-9-14(10-8-13)11-23-12-16(19)17(22-23)21-18(24)20-15-5-3-2-4-6-15/h2-10,12H,11H2,1H3,(H2,20,21,22,24). The molecule has 0 radical (unpaired) electrons. The van der Waals surface area contributed by atoms with Crippen LogP contribution in [0, 0.1) is 6.92 Å². The molecule has 1 aromatic heterocycles. The minimum atomic E-state index is 0.502. The summed E-state index contributed by atoms with van der Waals surface area (Å²) in [5.74, 6) is 0.690. The molecule has 0 fully saturated rings. The van der Waals surface area contributed by atoms with E-state index in [1.54, 1.807) is 0 Å². The van der Waals surface area contributed by atoms with Crippen LogP contribution in [0.3, 0.4) is 0 Å². The molecule has 122 valence electrons. The van der Waals surface area contributed by atoms with Crippen LogP contribution in [-0.4, -0.2) is 14.9 Å². The van der Waals surface area contributed by atoms with Crippen molar-refractivity contribution >= 4 is 44.8 Å². The second-order valence-electron chi connectivity index (χ2n) is 5.45. The van der Waals surface area contributed by atoms with Gasteiger partial charge in [0.25, 0.3) is 0 Å². The van der Waals surface area contributed by atoms with Crippen molar-refractivity contribution < 1.29 is 0 Å². The number of aryl methyl sites for hydroxylation is 1. The van der Waals surface area contributed by atoms with Crippen molar-refractivity contribution in [3.05, 3.63) is 76.4 Å². The minimum Gasteiger partial charge on any atom is -0.332 e. The molecule has 4 nitrogen and oxygen atoms in total. The first-order valence-corrected chi connectivity index (χ1v) is 8.72. The lowest BCUT2D eigenvalue weighted by Gasteiger charge is -2.08. The van der Waals surface area contributed by atoms with Crippen molar-refractivity contribution in [1.82, 2.24) is 9.78 Å². The average molecular weight is 401 g/mol. The van der Waals surface area contributed by atoms with Crippen LogP contribution in [0.5, 0.6) is 0 Å². The molecule has 1 heterocycles. The number of hydrogen-bond acceptors (Lipinski definition) is 2. The molecule has 3 rings (SSSR count). The molecule has 0 aliphatic heterocycles. The fourth-order valence-corrected chi connectivity index (χ4v) is 2.86. The monoisotopic (exact) mass is 400 g/mol. The van der Waals surface area contributed by atoms with E-state index in [0.29, 0.717) is 17.5 Å². The molecule has 0 saturated carbocycles. The van der Waals surface area contributed by atoms with Gasteiger partial charge in [0.05, 0.1) is 11.0 Å². The van der Waals surface area contributed by atoms with E-state index in [1.807, 2.05) is 41.2 Å². The maximum atomic E-state index is 5.34. The molecular formula is C18H17BrN4S. The Morgan fingerprint density at radius 2 is 1.79 bits per heavy atom. The Hall–Kier alpha value is -2.18. The first-order valence-electron chi connectivity index (χ1n) is 7.52. The molecule has 0 spiro atoms.